The molecule has 1 unspecified atom stereocenters. The van der Waals surface area contributed by atoms with Crippen molar-refractivity contribution in [3.63, 3.8) is 0 Å². The third kappa shape index (κ3) is 2.82. The topological polar surface area (TPSA) is 44.1 Å². The van der Waals surface area contributed by atoms with Crippen LogP contribution in [0.4, 0.5) is 4.39 Å². The van der Waals surface area contributed by atoms with Gasteiger partial charge in [-0.25, -0.2) is 4.39 Å². The summed E-state index contributed by atoms with van der Waals surface area (Å²) in [4.78, 5) is 13.7. The molecule has 0 saturated carbocycles. The summed E-state index contributed by atoms with van der Waals surface area (Å²) in [6.45, 7) is 7.24. The van der Waals surface area contributed by atoms with Gasteiger partial charge in [0.05, 0.1) is 5.56 Å². The Bertz CT molecular complexity index is 569. The minimum absolute atomic E-state index is 0.0292. The highest BCUT2D eigenvalue weighted by molar-refractivity contribution is 5.78. The molecule has 1 heterocycles. The van der Waals surface area contributed by atoms with Crippen LogP contribution in [0.15, 0.2) is 18.2 Å². The Hall–Kier alpha value is -1.89. The maximum absolute atomic E-state index is 14.0. The number of halogens is 1. The Labute approximate surface area is 119 Å². The summed E-state index contributed by atoms with van der Waals surface area (Å²) in [7, 11) is 0. The molecule has 1 aromatic carbocycles. The zero-order valence-electron chi connectivity index (χ0n) is 12.1. The van der Waals surface area contributed by atoms with E-state index in [1.165, 1.54) is 6.07 Å². The molecule has 0 radical (unpaired) electrons. The molecule has 0 N–H and O–H groups in total. The van der Waals surface area contributed by atoms with E-state index in [4.69, 9.17) is 5.26 Å². The fraction of sp³-hybridized carbons (Fsp3) is 0.500. The SMILES string of the molecule is CC(C)(C)C1CC(=O)N(Cc2cccc(C#N)c2F)C1. The number of hydrogen-bond donors (Lipinski definition) is 0. The fourth-order valence-electron chi connectivity index (χ4n) is 2.50. The zero-order chi connectivity index (χ0) is 14.9. The van der Waals surface area contributed by atoms with E-state index in [1.807, 2.05) is 6.07 Å². The lowest BCUT2D eigenvalue weighted by Crippen LogP contribution is -2.27. The molecule has 1 aliphatic heterocycles. The number of rotatable bonds is 2. The molecule has 106 valence electrons. The van der Waals surface area contributed by atoms with E-state index in [2.05, 4.69) is 20.8 Å². The van der Waals surface area contributed by atoms with Crippen molar-refractivity contribution in [1.82, 2.24) is 4.90 Å². The minimum atomic E-state index is -0.512. The van der Waals surface area contributed by atoms with Gasteiger partial charge in [-0.15, -0.1) is 0 Å². The van der Waals surface area contributed by atoms with Crippen molar-refractivity contribution in [3.05, 3.63) is 35.1 Å². The number of amides is 1. The van der Waals surface area contributed by atoms with E-state index in [0.29, 0.717) is 18.5 Å². The number of nitriles is 1. The van der Waals surface area contributed by atoms with Gasteiger partial charge in [0, 0.05) is 25.1 Å². The number of likely N-dealkylation sites (tertiary alicyclic amines) is 1. The predicted octanol–water partition coefficient (Wildman–Crippen LogP) is 3.09. The summed E-state index contributed by atoms with van der Waals surface area (Å²) >= 11 is 0. The standard InChI is InChI=1S/C16H19FN2O/c1-16(2,3)13-7-14(20)19(10-13)9-12-6-4-5-11(8-18)15(12)17/h4-6,13H,7,9-10H2,1-3H3. The first kappa shape index (κ1) is 14.5. The van der Waals surface area contributed by atoms with Crippen molar-refractivity contribution in [2.24, 2.45) is 11.3 Å². The van der Waals surface area contributed by atoms with E-state index < -0.39 is 5.82 Å². The largest absolute Gasteiger partial charge is 0.338 e. The van der Waals surface area contributed by atoms with Gasteiger partial charge in [0.15, 0.2) is 0 Å². The highest BCUT2D eigenvalue weighted by Gasteiger charge is 2.36. The molecule has 4 heteroatoms. The molecule has 0 bridgehead atoms. The first-order valence-electron chi connectivity index (χ1n) is 6.78. The van der Waals surface area contributed by atoms with E-state index in [9.17, 15) is 9.18 Å². The van der Waals surface area contributed by atoms with E-state index >= 15 is 0 Å². The minimum Gasteiger partial charge on any atom is -0.338 e. The van der Waals surface area contributed by atoms with E-state index in [1.54, 1.807) is 17.0 Å². The summed E-state index contributed by atoms with van der Waals surface area (Å²) in [5.74, 6) is -0.161. The van der Waals surface area contributed by atoms with Gasteiger partial charge in [0.1, 0.15) is 11.9 Å². The van der Waals surface area contributed by atoms with E-state index in [0.717, 1.165) is 0 Å². The van der Waals surface area contributed by atoms with Crippen molar-refractivity contribution in [2.75, 3.05) is 6.54 Å². The van der Waals surface area contributed by atoms with Crippen LogP contribution >= 0.6 is 0 Å². The quantitative estimate of drug-likeness (QED) is 0.831. The molecule has 1 fully saturated rings. The highest BCUT2D eigenvalue weighted by atomic mass is 19.1. The Morgan fingerprint density at radius 1 is 1.45 bits per heavy atom. The Morgan fingerprint density at radius 3 is 2.70 bits per heavy atom. The number of hydrogen-bond acceptors (Lipinski definition) is 2. The first-order valence-corrected chi connectivity index (χ1v) is 6.78. The number of nitrogens with zero attached hydrogens (tertiary/aromatic N) is 2. The molecule has 3 nitrogen and oxygen atoms in total. The van der Waals surface area contributed by atoms with E-state index in [-0.39, 0.29) is 29.3 Å². The van der Waals surface area contributed by atoms with Crippen molar-refractivity contribution in [3.8, 4) is 6.07 Å². The van der Waals surface area contributed by atoms with Gasteiger partial charge in [0.25, 0.3) is 0 Å². The van der Waals surface area contributed by atoms with Crippen LogP contribution in [-0.4, -0.2) is 17.4 Å². The molecule has 2 rings (SSSR count). The highest BCUT2D eigenvalue weighted by Crippen LogP contribution is 2.35. The Balaban J connectivity index is 2.16. The smallest absolute Gasteiger partial charge is 0.223 e. The monoisotopic (exact) mass is 274 g/mol. The lowest BCUT2D eigenvalue weighted by molar-refractivity contribution is -0.128. The van der Waals surface area contributed by atoms with Crippen molar-refractivity contribution >= 4 is 5.91 Å². The summed E-state index contributed by atoms with van der Waals surface area (Å²) in [6.07, 6.45) is 0.517. The van der Waals surface area contributed by atoms with Gasteiger partial charge >= 0.3 is 0 Å². The molecule has 1 saturated heterocycles. The lowest BCUT2D eigenvalue weighted by atomic mass is 9.80. The zero-order valence-corrected chi connectivity index (χ0v) is 12.1. The normalized spacial score (nSPS) is 19.2. The predicted molar refractivity (Wildman–Crippen MR) is 74.1 cm³/mol. The second-order valence-electron chi connectivity index (χ2n) is 6.43. The Kier molecular flexibility index (Phi) is 3.80. The second kappa shape index (κ2) is 5.24. The summed E-state index contributed by atoms with van der Waals surface area (Å²) in [5, 5.41) is 8.83. The van der Waals surface area contributed by atoms with Crippen LogP contribution in [0.5, 0.6) is 0 Å². The van der Waals surface area contributed by atoms with Gasteiger partial charge < -0.3 is 4.90 Å². The molecule has 1 atom stereocenters. The van der Waals surface area contributed by atoms with Crippen LogP contribution in [0.2, 0.25) is 0 Å². The molecular formula is C16H19FN2O. The van der Waals surface area contributed by atoms with Crippen LogP contribution in [0.3, 0.4) is 0 Å². The van der Waals surface area contributed by atoms with Crippen LogP contribution in [0.1, 0.15) is 38.3 Å². The number of carbonyl (C=O) groups is 1. The third-order valence-electron chi connectivity index (χ3n) is 4.00. The third-order valence-corrected chi connectivity index (χ3v) is 4.00. The van der Waals surface area contributed by atoms with Crippen LogP contribution < -0.4 is 0 Å². The number of carbonyl (C=O) groups excluding carboxylic acids is 1. The van der Waals surface area contributed by atoms with Gasteiger partial charge in [-0.2, -0.15) is 5.26 Å². The fourth-order valence-corrected chi connectivity index (χ4v) is 2.50. The van der Waals surface area contributed by atoms with Gasteiger partial charge in [-0.1, -0.05) is 32.9 Å². The maximum atomic E-state index is 14.0. The van der Waals surface area contributed by atoms with Gasteiger partial charge in [-0.3, -0.25) is 4.79 Å². The Morgan fingerprint density at radius 2 is 2.15 bits per heavy atom. The van der Waals surface area contributed by atoms with Crippen molar-refractivity contribution in [2.45, 2.75) is 33.7 Å². The second-order valence-corrected chi connectivity index (χ2v) is 6.43. The van der Waals surface area contributed by atoms with Crippen LogP contribution in [0.25, 0.3) is 0 Å². The van der Waals surface area contributed by atoms with Crippen molar-refractivity contribution < 1.29 is 9.18 Å². The summed E-state index contributed by atoms with van der Waals surface area (Å²) in [5.41, 5.74) is 0.505. The molecular weight excluding hydrogens is 255 g/mol. The van der Waals surface area contributed by atoms with Crippen LogP contribution in [-0.2, 0) is 11.3 Å². The van der Waals surface area contributed by atoms with Gasteiger partial charge in [0.2, 0.25) is 5.91 Å². The average Bonchev–Trinajstić information content (AvgIpc) is 2.73. The number of benzene rings is 1. The molecule has 1 aromatic rings. The van der Waals surface area contributed by atoms with Crippen LogP contribution in [0, 0.1) is 28.5 Å². The summed E-state index contributed by atoms with van der Waals surface area (Å²) in [6, 6.07) is 6.56. The molecule has 20 heavy (non-hydrogen) atoms. The molecule has 1 amide bonds. The average molecular weight is 274 g/mol. The van der Waals surface area contributed by atoms with Crippen molar-refractivity contribution in [1.29, 1.82) is 5.26 Å². The molecule has 0 aromatic heterocycles. The van der Waals surface area contributed by atoms with Gasteiger partial charge in [-0.05, 0) is 17.4 Å². The molecule has 1 aliphatic rings. The first-order chi connectivity index (χ1) is 9.32. The lowest BCUT2D eigenvalue weighted by Gasteiger charge is -2.26. The molecule has 0 spiro atoms. The molecule has 0 aliphatic carbocycles. The maximum Gasteiger partial charge on any atom is 0.223 e. The summed E-state index contributed by atoms with van der Waals surface area (Å²) < 4.78 is 14.0.